The Bertz CT molecular complexity index is 310. The van der Waals surface area contributed by atoms with Gasteiger partial charge in [0.2, 0.25) is 0 Å². The highest BCUT2D eigenvalue weighted by molar-refractivity contribution is 5.68. The minimum Gasteiger partial charge on any atom is -0.469 e. The van der Waals surface area contributed by atoms with Crippen molar-refractivity contribution in [2.24, 2.45) is 0 Å². The Labute approximate surface area is 128 Å². The van der Waals surface area contributed by atoms with Crippen molar-refractivity contribution >= 4 is 5.97 Å². The maximum Gasteiger partial charge on any atom is 0.305 e. The van der Waals surface area contributed by atoms with Crippen molar-refractivity contribution in [1.29, 1.82) is 0 Å². The average Bonchev–Trinajstić information content (AvgIpc) is 3.12. The molecule has 1 spiro atoms. The number of hydrogen-bond acceptors (Lipinski definition) is 4. The molecule has 2 rings (SSSR count). The standard InChI is InChI=1S/C17H30O4/c1-19-16(18)11-7-5-3-2-4-6-10-15-14-20-17(21-15)12-8-9-13-17/h15H,2-14H2,1H3. The molecule has 1 atom stereocenters. The Morgan fingerprint density at radius 2 is 1.76 bits per heavy atom. The van der Waals surface area contributed by atoms with Crippen LogP contribution in [0.1, 0.15) is 77.0 Å². The topological polar surface area (TPSA) is 44.8 Å². The molecule has 2 fully saturated rings. The molecule has 0 N–H and O–H groups in total. The number of methoxy groups -OCH3 is 1. The number of esters is 1. The molecule has 1 heterocycles. The summed E-state index contributed by atoms with van der Waals surface area (Å²) in [5.74, 6) is -0.285. The molecular weight excluding hydrogens is 268 g/mol. The third-order valence-electron chi connectivity index (χ3n) is 4.66. The highest BCUT2D eigenvalue weighted by atomic mass is 16.7. The van der Waals surface area contributed by atoms with E-state index in [1.807, 2.05) is 0 Å². The third-order valence-corrected chi connectivity index (χ3v) is 4.66. The zero-order chi connectivity index (χ0) is 15.0. The summed E-state index contributed by atoms with van der Waals surface area (Å²) < 4.78 is 16.6. The molecule has 0 aromatic rings. The van der Waals surface area contributed by atoms with Gasteiger partial charge in [-0.05, 0) is 25.7 Å². The highest BCUT2D eigenvalue weighted by Crippen LogP contribution is 2.40. The van der Waals surface area contributed by atoms with Gasteiger partial charge in [0.25, 0.3) is 0 Å². The second-order valence-electron chi connectivity index (χ2n) is 6.40. The molecule has 4 heteroatoms. The molecule has 122 valence electrons. The molecule has 0 aromatic heterocycles. The van der Waals surface area contributed by atoms with Gasteiger partial charge in [-0.15, -0.1) is 0 Å². The van der Waals surface area contributed by atoms with Gasteiger partial charge in [-0.25, -0.2) is 0 Å². The van der Waals surface area contributed by atoms with Gasteiger partial charge < -0.3 is 14.2 Å². The maximum absolute atomic E-state index is 11.0. The molecule has 0 radical (unpaired) electrons. The van der Waals surface area contributed by atoms with Gasteiger partial charge in [0.15, 0.2) is 5.79 Å². The lowest BCUT2D eigenvalue weighted by atomic mass is 10.1. The average molecular weight is 298 g/mol. The molecule has 0 aromatic carbocycles. The first-order chi connectivity index (χ1) is 10.2. The number of rotatable bonds is 9. The summed E-state index contributed by atoms with van der Waals surface area (Å²) >= 11 is 0. The largest absolute Gasteiger partial charge is 0.469 e. The van der Waals surface area contributed by atoms with E-state index in [4.69, 9.17) is 9.47 Å². The summed E-state index contributed by atoms with van der Waals surface area (Å²) in [6.07, 6.45) is 13.7. The zero-order valence-corrected chi connectivity index (χ0v) is 13.4. The summed E-state index contributed by atoms with van der Waals surface area (Å²) in [5, 5.41) is 0. The van der Waals surface area contributed by atoms with Crippen LogP contribution in [0.3, 0.4) is 0 Å². The van der Waals surface area contributed by atoms with Gasteiger partial charge >= 0.3 is 5.97 Å². The molecule has 1 saturated heterocycles. The minimum atomic E-state index is -0.196. The van der Waals surface area contributed by atoms with Crippen LogP contribution in [0.4, 0.5) is 0 Å². The molecule has 1 unspecified atom stereocenters. The van der Waals surface area contributed by atoms with Crippen LogP contribution in [0.5, 0.6) is 0 Å². The number of hydrogen-bond donors (Lipinski definition) is 0. The van der Waals surface area contributed by atoms with Crippen LogP contribution in [-0.4, -0.2) is 31.6 Å². The Morgan fingerprint density at radius 1 is 1.10 bits per heavy atom. The molecule has 1 aliphatic heterocycles. The van der Waals surface area contributed by atoms with E-state index in [1.54, 1.807) is 0 Å². The maximum atomic E-state index is 11.0. The lowest BCUT2D eigenvalue weighted by Crippen LogP contribution is -2.26. The van der Waals surface area contributed by atoms with Gasteiger partial charge in [0.05, 0.1) is 19.8 Å². The van der Waals surface area contributed by atoms with E-state index in [1.165, 1.54) is 45.6 Å². The van der Waals surface area contributed by atoms with Crippen LogP contribution in [-0.2, 0) is 19.0 Å². The van der Waals surface area contributed by atoms with E-state index in [0.29, 0.717) is 12.5 Å². The predicted molar refractivity (Wildman–Crippen MR) is 81.0 cm³/mol. The van der Waals surface area contributed by atoms with Gasteiger partial charge in [-0.2, -0.15) is 0 Å². The lowest BCUT2D eigenvalue weighted by molar-refractivity contribution is -0.162. The summed E-state index contributed by atoms with van der Waals surface area (Å²) in [7, 11) is 1.45. The van der Waals surface area contributed by atoms with Crippen molar-refractivity contribution in [3.63, 3.8) is 0 Å². The molecule has 0 amide bonds. The first-order valence-corrected chi connectivity index (χ1v) is 8.63. The molecule has 1 aliphatic carbocycles. The SMILES string of the molecule is COC(=O)CCCCCCCCC1COC2(CCCC2)O1. The Kier molecular flexibility index (Phi) is 6.97. The van der Waals surface area contributed by atoms with Crippen LogP contribution in [0, 0.1) is 0 Å². The number of carbonyl (C=O) groups is 1. The van der Waals surface area contributed by atoms with Crippen LogP contribution >= 0.6 is 0 Å². The summed E-state index contributed by atoms with van der Waals surface area (Å²) in [6, 6.07) is 0. The van der Waals surface area contributed by atoms with Crippen LogP contribution in [0.15, 0.2) is 0 Å². The van der Waals surface area contributed by atoms with Crippen molar-refractivity contribution in [3.05, 3.63) is 0 Å². The molecule has 4 nitrogen and oxygen atoms in total. The predicted octanol–water partition coefficient (Wildman–Crippen LogP) is 3.97. The van der Waals surface area contributed by atoms with Crippen LogP contribution in [0.2, 0.25) is 0 Å². The number of unbranched alkanes of at least 4 members (excludes halogenated alkanes) is 5. The molecular formula is C17H30O4. The van der Waals surface area contributed by atoms with E-state index in [9.17, 15) is 4.79 Å². The summed E-state index contributed by atoms with van der Waals surface area (Å²) in [5.41, 5.74) is 0. The zero-order valence-electron chi connectivity index (χ0n) is 13.4. The number of carbonyl (C=O) groups excluding carboxylic acids is 1. The second kappa shape index (κ2) is 8.74. The molecule has 0 bridgehead atoms. The van der Waals surface area contributed by atoms with Crippen molar-refractivity contribution in [2.45, 2.75) is 88.9 Å². The first-order valence-electron chi connectivity index (χ1n) is 8.63. The fourth-order valence-corrected chi connectivity index (χ4v) is 3.39. The smallest absolute Gasteiger partial charge is 0.305 e. The summed E-state index contributed by atoms with van der Waals surface area (Å²) in [4.78, 5) is 11.0. The molecule has 2 aliphatic rings. The third kappa shape index (κ3) is 5.59. The Hall–Kier alpha value is -0.610. The van der Waals surface area contributed by atoms with Crippen LogP contribution in [0.25, 0.3) is 0 Å². The van der Waals surface area contributed by atoms with Crippen molar-refractivity contribution in [3.8, 4) is 0 Å². The molecule has 1 saturated carbocycles. The van der Waals surface area contributed by atoms with E-state index in [0.717, 1.165) is 38.7 Å². The lowest BCUT2D eigenvalue weighted by Gasteiger charge is -2.21. The van der Waals surface area contributed by atoms with Gasteiger partial charge in [0.1, 0.15) is 0 Å². The van der Waals surface area contributed by atoms with Crippen molar-refractivity contribution in [2.75, 3.05) is 13.7 Å². The van der Waals surface area contributed by atoms with Crippen molar-refractivity contribution < 1.29 is 19.0 Å². The van der Waals surface area contributed by atoms with E-state index in [2.05, 4.69) is 4.74 Å². The number of ether oxygens (including phenoxy) is 3. The molecule has 21 heavy (non-hydrogen) atoms. The normalized spacial score (nSPS) is 23.8. The Morgan fingerprint density at radius 3 is 2.48 bits per heavy atom. The highest BCUT2D eigenvalue weighted by Gasteiger charge is 2.43. The van der Waals surface area contributed by atoms with E-state index >= 15 is 0 Å². The van der Waals surface area contributed by atoms with Gasteiger partial charge in [-0.3, -0.25) is 4.79 Å². The summed E-state index contributed by atoms with van der Waals surface area (Å²) in [6.45, 7) is 0.791. The minimum absolute atomic E-state index is 0.0887. The van der Waals surface area contributed by atoms with Gasteiger partial charge in [0, 0.05) is 19.3 Å². The van der Waals surface area contributed by atoms with E-state index < -0.39 is 0 Å². The first kappa shape index (κ1) is 16.8. The quantitative estimate of drug-likeness (QED) is 0.477. The monoisotopic (exact) mass is 298 g/mol. The second-order valence-corrected chi connectivity index (χ2v) is 6.40. The van der Waals surface area contributed by atoms with Crippen molar-refractivity contribution in [1.82, 2.24) is 0 Å². The Balaban J connectivity index is 1.41. The van der Waals surface area contributed by atoms with E-state index in [-0.39, 0.29) is 11.8 Å². The fraction of sp³-hybridized carbons (Fsp3) is 0.941. The van der Waals surface area contributed by atoms with Gasteiger partial charge in [-0.1, -0.05) is 32.1 Å². The fourth-order valence-electron chi connectivity index (χ4n) is 3.39. The van der Waals surface area contributed by atoms with Crippen LogP contribution < -0.4 is 0 Å².